The van der Waals surface area contributed by atoms with Crippen molar-refractivity contribution in [3.63, 3.8) is 0 Å². The van der Waals surface area contributed by atoms with E-state index in [4.69, 9.17) is 5.73 Å². The number of nitrogens with two attached hydrogens (primary N) is 1. The molecule has 1 aromatic heterocycles. The van der Waals surface area contributed by atoms with Gasteiger partial charge in [0, 0.05) is 29.8 Å². The first-order valence-electron chi connectivity index (χ1n) is 4.59. The van der Waals surface area contributed by atoms with Crippen molar-refractivity contribution in [2.45, 2.75) is 13.5 Å². The van der Waals surface area contributed by atoms with E-state index in [-0.39, 0.29) is 5.69 Å². The number of hydrogen-bond acceptors (Lipinski definition) is 3. The molecule has 0 aliphatic heterocycles. The number of benzene rings is 1. The molecule has 0 unspecified atom stereocenters. The van der Waals surface area contributed by atoms with Gasteiger partial charge in [0.15, 0.2) is 0 Å². The van der Waals surface area contributed by atoms with Crippen LogP contribution in [0.5, 0.6) is 0 Å². The molecule has 0 spiro atoms. The van der Waals surface area contributed by atoms with Gasteiger partial charge in [-0.1, -0.05) is 0 Å². The molecule has 2 aromatic rings. The molecule has 15 heavy (non-hydrogen) atoms. The molecule has 0 radical (unpaired) electrons. The van der Waals surface area contributed by atoms with Crippen LogP contribution in [0.2, 0.25) is 0 Å². The van der Waals surface area contributed by atoms with Gasteiger partial charge >= 0.3 is 0 Å². The largest absolute Gasteiger partial charge is 0.358 e. The van der Waals surface area contributed by atoms with E-state index in [1.54, 1.807) is 6.07 Å². The first-order chi connectivity index (χ1) is 7.13. The Kier molecular flexibility index (Phi) is 2.17. The van der Waals surface area contributed by atoms with Gasteiger partial charge in [0.05, 0.1) is 10.4 Å². The van der Waals surface area contributed by atoms with Gasteiger partial charge in [0.25, 0.3) is 5.69 Å². The number of nitrogens with one attached hydrogen (secondary N) is 1. The van der Waals surface area contributed by atoms with E-state index < -0.39 is 4.92 Å². The number of non-ortho nitro benzene ring substituents is 1. The van der Waals surface area contributed by atoms with Crippen molar-refractivity contribution in [1.82, 2.24) is 4.98 Å². The van der Waals surface area contributed by atoms with Gasteiger partial charge in [-0.15, -0.1) is 0 Å². The summed E-state index contributed by atoms with van der Waals surface area (Å²) in [7, 11) is 0. The fourth-order valence-electron chi connectivity index (χ4n) is 1.75. The molecule has 0 amide bonds. The van der Waals surface area contributed by atoms with Crippen LogP contribution in [0.15, 0.2) is 18.2 Å². The summed E-state index contributed by atoms with van der Waals surface area (Å²) < 4.78 is 0. The number of nitro benzene ring substituents is 1. The van der Waals surface area contributed by atoms with Crippen LogP contribution < -0.4 is 5.73 Å². The fraction of sp³-hybridized carbons (Fsp3) is 0.200. The highest BCUT2D eigenvalue weighted by molar-refractivity contribution is 5.86. The second kappa shape index (κ2) is 3.36. The number of aryl methyl sites for hydroxylation is 1. The molecular weight excluding hydrogens is 194 g/mol. The van der Waals surface area contributed by atoms with Crippen molar-refractivity contribution in [3.8, 4) is 0 Å². The topological polar surface area (TPSA) is 84.9 Å². The summed E-state index contributed by atoms with van der Waals surface area (Å²) in [6.45, 7) is 2.34. The lowest BCUT2D eigenvalue weighted by molar-refractivity contribution is -0.384. The zero-order chi connectivity index (χ0) is 11.0. The van der Waals surface area contributed by atoms with Crippen LogP contribution in [0.3, 0.4) is 0 Å². The number of nitro groups is 1. The molecule has 2 rings (SSSR count). The number of rotatable bonds is 2. The zero-order valence-corrected chi connectivity index (χ0v) is 8.28. The molecule has 78 valence electrons. The second-order valence-corrected chi connectivity index (χ2v) is 3.42. The fourth-order valence-corrected chi connectivity index (χ4v) is 1.75. The predicted molar refractivity (Wildman–Crippen MR) is 57.6 cm³/mol. The second-order valence-electron chi connectivity index (χ2n) is 3.42. The van der Waals surface area contributed by atoms with Gasteiger partial charge in [0.1, 0.15) is 0 Å². The van der Waals surface area contributed by atoms with Gasteiger partial charge in [-0.2, -0.15) is 0 Å². The van der Waals surface area contributed by atoms with Gasteiger partial charge in [-0.05, 0) is 18.6 Å². The van der Waals surface area contributed by atoms with Crippen molar-refractivity contribution in [1.29, 1.82) is 0 Å². The number of aromatic nitrogens is 1. The number of aromatic amines is 1. The maximum atomic E-state index is 10.6. The third-order valence-corrected chi connectivity index (χ3v) is 2.52. The van der Waals surface area contributed by atoms with Crippen LogP contribution in [0, 0.1) is 17.0 Å². The summed E-state index contributed by atoms with van der Waals surface area (Å²) in [6, 6.07) is 4.76. The van der Waals surface area contributed by atoms with Gasteiger partial charge < -0.3 is 10.7 Å². The average Bonchev–Trinajstić information content (AvgIpc) is 2.51. The highest BCUT2D eigenvalue weighted by atomic mass is 16.6. The van der Waals surface area contributed by atoms with Crippen LogP contribution in [0.4, 0.5) is 5.69 Å². The van der Waals surface area contributed by atoms with Crippen LogP contribution in [-0.2, 0) is 6.54 Å². The number of hydrogen-bond donors (Lipinski definition) is 2. The summed E-state index contributed by atoms with van der Waals surface area (Å²) in [6.07, 6.45) is 0. The van der Waals surface area contributed by atoms with Crippen LogP contribution >= 0.6 is 0 Å². The maximum Gasteiger partial charge on any atom is 0.271 e. The molecule has 0 aliphatic carbocycles. The molecule has 1 aromatic carbocycles. The van der Waals surface area contributed by atoms with E-state index in [9.17, 15) is 10.1 Å². The van der Waals surface area contributed by atoms with E-state index in [1.165, 1.54) is 12.1 Å². The highest BCUT2D eigenvalue weighted by Gasteiger charge is 2.11. The Morgan fingerprint density at radius 1 is 1.53 bits per heavy atom. The van der Waals surface area contributed by atoms with Gasteiger partial charge in [-0.25, -0.2) is 0 Å². The molecule has 5 nitrogen and oxygen atoms in total. The average molecular weight is 205 g/mol. The Bertz CT molecular complexity index is 531. The number of fused-ring (bicyclic) bond motifs is 1. The monoisotopic (exact) mass is 205 g/mol. The van der Waals surface area contributed by atoms with Crippen molar-refractivity contribution in [2.75, 3.05) is 0 Å². The molecule has 0 fully saturated rings. The van der Waals surface area contributed by atoms with Crippen LogP contribution in [-0.4, -0.2) is 9.91 Å². The smallest absolute Gasteiger partial charge is 0.271 e. The number of H-pyrrole nitrogens is 1. The van der Waals surface area contributed by atoms with Gasteiger partial charge in [-0.3, -0.25) is 10.1 Å². The Morgan fingerprint density at radius 2 is 2.27 bits per heavy atom. The minimum absolute atomic E-state index is 0.0901. The standard InChI is InChI=1S/C10H11N3O2/c1-6-9(5-11)8-3-2-7(13(14)15)4-10(8)12-6/h2-4,12H,5,11H2,1H3. The molecular formula is C10H11N3O2. The summed E-state index contributed by atoms with van der Waals surface area (Å²) in [5.41, 5.74) is 8.44. The lowest BCUT2D eigenvalue weighted by Crippen LogP contribution is -1.96. The van der Waals surface area contributed by atoms with Crippen molar-refractivity contribution in [2.24, 2.45) is 5.73 Å². The molecule has 5 heteroatoms. The van der Waals surface area contributed by atoms with Crippen molar-refractivity contribution < 1.29 is 4.92 Å². The minimum Gasteiger partial charge on any atom is -0.358 e. The summed E-state index contributed by atoms with van der Waals surface area (Å²) in [5.74, 6) is 0. The quantitative estimate of drug-likeness (QED) is 0.579. The summed E-state index contributed by atoms with van der Waals surface area (Å²) in [5, 5.41) is 11.5. The SMILES string of the molecule is Cc1[nH]c2cc([N+](=O)[O-])ccc2c1CN. The lowest BCUT2D eigenvalue weighted by atomic mass is 10.1. The minimum atomic E-state index is -0.405. The van der Waals surface area contributed by atoms with E-state index in [2.05, 4.69) is 4.98 Å². The lowest BCUT2D eigenvalue weighted by Gasteiger charge is -1.95. The molecule has 0 aliphatic rings. The maximum absolute atomic E-state index is 10.6. The van der Waals surface area contributed by atoms with Crippen LogP contribution in [0.1, 0.15) is 11.3 Å². The van der Waals surface area contributed by atoms with E-state index in [0.29, 0.717) is 6.54 Å². The summed E-state index contributed by atoms with van der Waals surface area (Å²) >= 11 is 0. The Hall–Kier alpha value is -1.88. The van der Waals surface area contributed by atoms with Gasteiger partial charge in [0.2, 0.25) is 0 Å². The summed E-state index contributed by atoms with van der Waals surface area (Å²) in [4.78, 5) is 13.3. The van der Waals surface area contributed by atoms with E-state index >= 15 is 0 Å². The highest BCUT2D eigenvalue weighted by Crippen LogP contribution is 2.25. The van der Waals surface area contributed by atoms with E-state index in [1.807, 2.05) is 6.92 Å². The normalized spacial score (nSPS) is 10.8. The Balaban J connectivity index is 2.69. The molecule has 0 saturated carbocycles. The first kappa shape index (κ1) is 9.67. The third kappa shape index (κ3) is 1.46. The molecule has 0 saturated heterocycles. The van der Waals surface area contributed by atoms with E-state index in [0.717, 1.165) is 22.2 Å². The van der Waals surface area contributed by atoms with Crippen molar-refractivity contribution >= 4 is 16.6 Å². The molecule has 1 heterocycles. The Labute approximate surface area is 86.0 Å². The molecule has 0 atom stereocenters. The Morgan fingerprint density at radius 3 is 2.87 bits per heavy atom. The van der Waals surface area contributed by atoms with Crippen molar-refractivity contribution in [3.05, 3.63) is 39.6 Å². The first-order valence-corrected chi connectivity index (χ1v) is 4.59. The zero-order valence-electron chi connectivity index (χ0n) is 8.28. The predicted octanol–water partition coefficient (Wildman–Crippen LogP) is 1.84. The molecule has 3 N–H and O–H groups in total. The number of nitrogens with zero attached hydrogens (tertiary/aromatic N) is 1. The molecule has 0 bridgehead atoms. The third-order valence-electron chi connectivity index (χ3n) is 2.52. The van der Waals surface area contributed by atoms with Crippen LogP contribution in [0.25, 0.3) is 10.9 Å².